The van der Waals surface area contributed by atoms with Gasteiger partial charge in [0, 0.05) is 22.1 Å². The lowest BCUT2D eigenvalue weighted by Gasteiger charge is -2.18. The summed E-state index contributed by atoms with van der Waals surface area (Å²) >= 11 is 0. The Bertz CT molecular complexity index is 2380. The van der Waals surface area contributed by atoms with Crippen molar-refractivity contribution in [2.75, 3.05) is 0 Å². The second-order valence-corrected chi connectivity index (χ2v) is 10.1. The summed E-state index contributed by atoms with van der Waals surface area (Å²) < 4.78 is 49.6. The molecule has 0 spiro atoms. The van der Waals surface area contributed by atoms with Crippen LogP contribution in [0.4, 0.5) is 0 Å². The molecule has 0 unspecified atom stereocenters. The summed E-state index contributed by atoms with van der Waals surface area (Å²) in [7, 11) is 0. The molecule has 192 valence electrons. The summed E-state index contributed by atoms with van der Waals surface area (Å²) in [6.45, 7) is 0. The van der Waals surface area contributed by atoms with E-state index in [-0.39, 0.29) is 29.7 Å². The second-order valence-electron chi connectivity index (χ2n) is 10.1. The lowest BCUT2D eigenvalue weighted by molar-refractivity contribution is 0.632. The van der Waals surface area contributed by atoms with E-state index in [1.54, 1.807) is 0 Å². The molecule has 0 amide bonds. The predicted molar refractivity (Wildman–Crippen MR) is 173 cm³/mol. The Morgan fingerprint density at radius 1 is 0.390 bits per heavy atom. The van der Waals surface area contributed by atoms with Crippen LogP contribution in [0, 0.1) is 0 Å². The van der Waals surface area contributed by atoms with E-state index in [0.717, 1.165) is 66.1 Å². The summed E-state index contributed by atoms with van der Waals surface area (Å²) in [6.07, 6.45) is 0. The first kappa shape index (κ1) is 18.8. The van der Waals surface area contributed by atoms with Crippen LogP contribution in [0.1, 0.15) is 6.85 Å². The Balaban J connectivity index is 1.56. The van der Waals surface area contributed by atoms with E-state index in [1.165, 1.54) is 0 Å². The average molecular weight is 528 g/mol. The van der Waals surface area contributed by atoms with Crippen LogP contribution in [0.5, 0.6) is 0 Å². The number of fused-ring (bicyclic) bond motifs is 3. The molecular weight excluding hydrogens is 496 g/mol. The van der Waals surface area contributed by atoms with Gasteiger partial charge in [0.2, 0.25) is 0 Å². The number of furan rings is 1. The highest BCUT2D eigenvalue weighted by Gasteiger charge is 2.24. The van der Waals surface area contributed by atoms with Crippen LogP contribution in [-0.4, -0.2) is 0 Å². The molecule has 8 aromatic rings. The van der Waals surface area contributed by atoms with E-state index in [4.69, 9.17) is 11.3 Å². The van der Waals surface area contributed by atoms with Gasteiger partial charge in [0.15, 0.2) is 0 Å². The Hall–Kier alpha value is -5.40. The van der Waals surface area contributed by atoms with Crippen LogP contribution >= 0.6 is 0 Å². The highest BCUT2D eigenvalue weighted by Crippen LogP contribution is 2.49. The minimum atomic E-state index is -0.407. The number of hydrogen-bond donors (Lipinski definition) is 0. The molecule has 1 heteroatoms. The van der Waals surface area contributed by atoms with Crippen molar-refractivity contribution in [3.63, 3.8) is 0 Å². The van der Waals surface area contributed by atoms with Gasteiger partial charge in [0.1, 0.15) is 11.3 Å². The summed E-state index contributed by atoms with van der Waals surface area (Å²) in [4.78, 5) is 0. The smallest absolute Gasteiger partial charge is 0.143 e. The van der Waals surface area contributed by atoms with Crippen molar-refractivity contribution in [3.8, 4) is 44.7 Å². The van der Waals surface area contributed by atoms with Crippen LogP contribution in [0.25, 0.3) is 77.2 Å². The van der Waals surface area contributed by atoms with Crippen LogP contribution in [0.15, 0.2) is 162 Å². The Labute approximate surface area is 246 Å². The predicted octanol–water partition coefficient (Wildman–Crippen LogP) is 11.4. The van der Waals surface area contributed by atoms with Crippen LogP contribution in [0.2, 0.25) is 0 Å². The fourth-order valence-electron chi connectivity index (χ4n) is 5.99. The molecule has 0 aliphatic rings. The summed E-state index contributed by atoms with van der Waals surface area (Å²) in [6, 6.07) is 40.9. The first-order chi connectivity index (χ1) is 22.4. The lowest BCUT2D eigenvalue weighted by Crippen LogP contribution is -1.91. The second kappa shape index (κ2) is 9.66. The average Bonchev–Trinajstić information content (AvgIpc) is 3.49. The molecule has 0 saturated heterocycles. The van der Waals surface area contributed by atoms with Gasteiger partial charge >= 0.3 is 0 Å². The van der Waals surface area contributed by atoms with Crippen LogP contribution in [-0.2, 0) is 0 Å². The summed E-state index contributed by atoms with van der Waals surface area (Å²) in [5.74, 6) is 0.742. The number of rotatable bonds is 4. The zero-order valence-corrected chi connectivity index (χ0v) is 22.0. The maximum atomic E-state index is 8.89. The van der Waals surface area contributed by atoms with Crippen molar-refractivity contribution < 1.29 is 11.3 Å². The van der Waals surface area contributed by atoms with E-state index < -0.39 is 6.04 Å². The van der Waals surface area contributed by atoms with Crippen LogP contribution < -0.4 is 0 Å². The van der Waals surface area contributed by atoms with E-state index >= 15 is 0 Å². The third kappa shape index (κ3) is 3.86. The molecule has 0 radical (unpaired) electrons. The maximum absolute atomic E-state index is 8.89. The zero-order chi connectivity index (χ0) is 31.5. The highest BCUT2D eigenvalue weighted by atomic mass is 16.3. The molecule has 7 aromatic carbocycles. The normalized spacial score (nSPS) is 13.1. The lowest BCUT2D eigenvalue weighted by atomic mass is 9.84. The third-order valence-electron chi connectivity index (χ3n) is 7.76. The summed E-state index contributed by atoms with van der Waals surface area (Å²) in [5.41, 5.74) is 6.59. The third-order valence-corrected chi connectivity index (χ3v) is 7.76. The molecule has 0 aliphatic heterocycles. The van der Waals surface area contributed by atoms with Crippen molar-refractivity contribution in [2.24, 2.45) is 0 Å². The fourth-order valence-corrected chi connectivity index (χ4v) is 5.99. The van der Waals surface area contributed by atoms with Gasteiger partial charge in [-0.25, -0.2) is 0 Å². The van der Waals surface area contributed by atoms with Crippen molar-refractivity contribution in [1.82, 2.24) is 0 Å². The molecule has 0 atom stereocenters. The minimum Gasteiger partial charge on any atom is -0.455 e. The molecule has 41 heavy (non-hydrogen) atoms. The van der Waals surface area contributed by atoms with Crippen molar-refractivity contribution in [2.45, 2.75) is 0 Å². The quantitative estimate of drug-likeness (QED) is 0.207. The Morgan fingerprint density at radius 2 is 0.927 bits per heavy atom. The Morgan fingerprint density at radius 3 is 1.54 bits per heavy atom. The number of benzene rings is 7. The molecule has 1 aromatic heterocycles. The zero-order valence-electron chi connectivity index (χ0n) is 27.0. The van der Waals surface area contributed by atoms with E-state index in [2.05, 4.69) is 24.3 Å². The van der Waals surface area contributed by atoms with E-state index in [9.17, 15) is 0 Å². The molecular formula is C40H26O. The molecule has 0 saturated carbocycles. The Kier molecular flexibility index (Phi) is 4.43. The van der Waals surface area contributed by atoms with E-state index in [0.29, 0.717) is 5.56 Å². The minimum absolute atomic E-state index is 0.191. The molecule has 0 bridgehead atoms. The van der Waals surface area contributed by atoms with Gasteiger partial charge in [0.05, 0.1) is 6.85 Å². The first-order valence-corrected chi connectivity index (χ1v) is 13.6. The standard InChI is InChI=1S/C40H26O/c1-4-14-27(15-5-1)30-24-25-36-35(26-30)39(40(41-36)29-18-8-3-9-19-29)38-33-22-12-10-20-31(33)37(28-16-6-2-7-17-28)32-21-11-13-23-34(32)38/h1-26H/i2D,6D,7D,16D,17D. The molecule has 1 nitrogen and oxygen atoms in total. The van der Waals surface area contributed by atoms with Gasteiger partial charge in [-0.15, -0.1) is 0 Å². The van der Waals surface area contributed by atoms with Gasteiger partial charge in [-0.3, -0.25) is 0 Å². The van der Waals surface area contributed by atoms with Crippen molar-refractivity contribution in [1.29, 1.82) is 0 Å². The largest absolute Gasteiger partial charge is 0.455 e. The summed E-state index contributed by atoms with van der Waals surface area (Å²) in [5, 5.41) is 4.34. The monoisotopic (exact) mass is 527 g/mol. The molecule has 8 rings (SSSR count). The van der Waals surface area contributed by atoms with Gasteiger partial charge in [-0.05, 0) is 55.9 Å². The van der Waals surface area contributed by atoms with Gasteiger partial charge in [-0.2, -0.15) is 0 Å². The fraction of sp³-hybridized carbons (Fsp3) is 0. The van der Waals surface area contributed by atoms with Crippen LogP contribution in [0.3, 0.4) is 0 Å². The molecule has 0 fully saturated rings. The van der Waals surface area contributed by atoms with Gasteiger partial charge in [0.25, 0.3) is 0 Å². The molecule has 0 N–H and O–H groups in total. The van der Waals surface area contributed by atoms with Gasteiger partial charge in [-0.1, -0.05) is 145 Å². The molecule has 0 aliphatic carbocycles. The van der Waals surface area contributed by atoms with Crippen molar-refractivity contribution >= 4 is 32.5 Å². The highest BCUT2D eigenvalue weighted by molar-refractivity contribution is 6.25. The molecule has 1 heterocycles. The maximum Gasteiger partial charge on any atom is 0.143 e. The van der Waals surface area contributed by atoms with E-state index in [1.807, 2.05) is 103 Å². The van der Waals surface area contributed by atoms with Crippen molar-refractivity contribution in [3.05, 3.63) is 158 Å². The first-order valence-electron chi connectivity index (χ1n) is 16.1. The van der Waals surface area contributed by atoms with Gasteiger partial charge < -0.3 is 4.42 Å². The number of hydrogen-bond acceptors (Lipinski definition) is 1. The topological polar surface area (TPSA) is 13.1 Å². The SMILES string of the molecule is [2H]c1c([2H])c([2H])c(-c2c3ccccc3c(-c3c(-c4ccccc4)oc4ccc(-c5ccccc5)cc34)c3ccccc23)c([2H])c1[2H].